The van der Waals surface area contributed by atoms with Crippen LogP contribution in [0.1, 0.15) is 40.5 Å². The Morgan fingerprint density at radius 2 is 1.83 bits per heavy atom. The van der Waals surface area contributed by atoms with Crippen LogP contribution in [-0.2, 0) is 9.53 Å². The Balaban J connectivity index is 2.34. The highest BCUT2D eigenvalue weighted by molar-refractivity contribution is 5.84. The Kier molecular flexibility index (Phi) is 1.15. The number of esters is 1. The van der Waals surface area contributed by atoms with Crippen LogP contribution in [0.25, 0.3) is 0 Å². The first-order valence-electron chi connectivity index (χ1n) is 4.53. The molecule has 3 rings (SSSR count). The number of hydrogen-bond donors (Lipinski definition) is 0. The second kappa shape index (κ2) is 1.70. The lowest BCUT2D eigenvalue weighted by Gasteiger charge is -2.47. The number of carbonyl (C=O) groups excluding carboxylic acids is 1. The molecule has 0 atom stereocenters. The largest absolute Gasteiger partial charge is 0.459 e. The zero-order chi connectivity index (χ0) is 9.20. The van der Waals surface area contributed by atoms with Gasteiger partial charge < -0.3 is 4.74 Å². The Labute approximate surface area is 73.3 Å². The SMILES string of the molecule is CC12CC(C(C)(C)C)(C1)C(=O)O2. The molecule has 0 spiro atoms. The van der Waals surface area contributed by atoms with Crippen LogP contribution < -0.4 is 0 Å². The molecule has 3 fully saturated rings. The Hall–Kier alpha value is -0.530. The van der Waals surface area contributed by atoms with Crippen LogP contribution in [-0.4, -0.2) is 11.6 Å². The van der Waals surface area contributed by atoms with Gasteiger partial charge in [-0.05, 0) is 12.3 Å². The third-order valence-corrected chi connectivity index (χ3v) is 3.52. The maximum absolute atomic E-state index is 11.6. The molecule has 1 aliphatic carbocycles. The average Bonchev–Trinajstić information content (AvgIpc) is 2.12. The van der Waals surface area contributed by atoms with Gasteiger partial charge in [0.2, 0.25) is 0 Å². The third-order valence-electron chi connectivity index (χ3n) is 3.52. The van der Waals surface area contributed by atoms with Crippen molar-refractivity contribution in [1.29, 1.82) is 0 Å². The molecule has 0 aromatic heterocycles. The summed E-state index contributed by atoms with van der Waals surface area (Å²) in [6.07, 6.45) is 1.84. The van der Waals surface area contributed by atoms with Gasteiger partial charge in [-0.15, -0.1) is 0 Å². The fourth-order valence-corrected chi connectivity index (χ4v) is 2.60. The van der Waals surface area contributed by atoms with Crippen molar-refractivity contribution in [2.45, 2.75) is 46.1 Å². The average molecular weight is 168 g/mol. The fourth-order valence-electron chi connectivity index (χ4n) is 2.60. The van der Waals surface area contributed by atoms with Crippen LogP contribution in [0.3, 0.4) is 0 Å². The molecule has 2 heteroatoms. The molecule has 2 heterocycles. The first kappa shape index (κ1) is 8.09. The second-order valence-electron chi connectivity index (χ2n) is 5.53. The lowest BCUT2D eigenvalue weighted by molar-refractivity contribution is -0.146. The summed E-state index contributed by atoms with van der Waals surface area (Å²) in [6.45, 7) is 8.40. The van der Waals surface area contributed by atoms with Crippen molar-refractivity contribution in [1.82, 2.24) is 0 Å². The molecule has 3 aliphatic rings. The van der Waals surface area contributed by atoms with Crippen LogP contribution in [0.4, 0.5) is 0 Å². The maximum atomic E-state index is 11.6. The van der Waals surface area contributed by atoms with E-state index in [1.165, 1.54) is 0 Å². The summed E-state index contributed by atoms with van der Waals surface area (Å²) in [5.41, 5.74) is -0.230. The predicted molar refractivity (Wildman–Crippen MR) is 45.6 cm³/mol. The van der Waals surface area contributed by atoms with Crippen molar-refractivity contribution in [2.75, 3.05) is 0 Å². The minimum atomic E-state index is -0.165. The van der Waals surface area contributed by atoms with Gasteiger partial charge in [-0.3, -0.25) is 4.79 Å². The van der Waals surface area contributed by atoms with E-state index in [0.29, 0.717) is 0 Å². The number of hydrogen-bond acceptors (Lipinski definition) is 2. The molecule has 68 valence electrons. The van der Waals surface area contributed by atoms with Gasteiger partial charge in [-0.2, -0.15) is 0 Å². The summed E-state index contributed by atoms with van der Waals surface area (Å²) in [5.74, 6) is 0.0255. The summed E-state index contributed by atoms with van der Waals surface area (Å²) < 4.78 is 5.31. The van der Waals surface area contributed by atoms with Gasteiger partial charge in [0.25, 0.3) is 0 Å². The molecular formula is C10H16O2. The van der Waals surface area contributed by atoms with Crippen LogP contribution in [0.15, 0.2) is 0 Å². The Morgan fingerprint density at radius 3 is 2.00 bits per heavy atom. The van der Waals surface area contributed by atoms with Crippen LogP contribution in [0.2, 0.25) is 0 Å². The minimum Gasteiger partial charge on any atom is -0.459 e. The minimum absolute atomic E-state index is 0.0255. The van der Waals surface area contributed by atoms with Crippen molar-refractivity contribution in [2.24, 2.45) is 10.8 Å². The second-order valence-corrected chi connectivity index (χ2v) is 5.53. The van der Waals surface area contributed by atoms with E-state index in [1.54, 1.807) is 0 Å². The van der Waals surface area contributed by atoms with Gasteiger partial charge in [0.1, 0.15) is 5.60 Å². The van der Waals surface area contributed by atoms with E-state index in [0.717, 1.165) is 12.8 Å². The molecule has 2 bridgehead atoms. The lowest BCUT2D eigenvalue weighted by Crippen LogP contribution is -2.50. The number of carbonyl (C=O) groups is 1. The first-order chi connectivity index (χ1) is 5.29. The lowest BCUT2D eigenvalue weighted by atomic mass is 9.52. The highest BCUT2D eigenvalue weighted by Crippen LogP contribution is 2.65. The number of rotatable bonds is 0. The van der Waals surface area contributed by atoms with E-state index >= 15 is 0 Å². The smallest absolute Gasteiger partial charge is 0.313 e. The number of fused-ring (bicyclic) bond motifs is 1. The van der Waals surface area contributed by atoms with Crippen molar-refractivity contribution in [3.63, 3.8) is 0 Å². The zero-order valence-corrected chi connectivity index (χ0v) is 8.23. The van der Waals surface area contributed by atoms with Gasteiger partial charge in [0.15, 0.2) is 0 Å². The van der Waals surface area contributed by atoms with Crippen LogP contribution in [0.5, 0.6) is 0 Å². The molecule has 0 radical (unpaired) electrons. The van der Waals surface area contributed by atoms with E-state index in [9.17, 15) is 4.79 Å². The van der Waals surface area contributed by atoms with Crippen molar-refractivity contribution < 1.29 is 9.53 Å². The van der Waals surface area contributed by atoms with Crippen molar-refractivity contribution in [3.05, 3.63) is 0 Å². The fraction of sp³-hybridized carbons (Fsp3) is 0.900. The molecule has 0 aromatic rings. The summed E-state index contributed by atoms with van der Waals surface area (Å²) in [7, 11) is 0. The van der Waals surface area contributed by atoms with Gasteiger partial charge in [-0.1, -0.05) is 20.8 Å². The van der Waals surface area contributed by atoms with E-state index in [2.05, 4.69) is 20.8 Å². The predicted octanol–water partition coefficient (Wildman–Crippen LogP) is 2.13. The quantitative estimate of drug-likeness (QED) is 0.518. The van der Waals surface area contributed by atoms with Gasteiger partial charge in [0, 0.05) is 12.8 Å². The van der Waals surface area contributed by atoms with E-state index in [4.69, 9.17) is 4.74 Å². The zero-order valence-electron chi connectivity index (χ0n) is 8.23. The molecule has 1 saturated carbocycles. The molecule has 2 nitrogen and oxygen atoms in total. The van der Waals surface area contributed by atoms with Gasteiger partial charge in [-0.25, -0.2) is 0 Å². The molecule has 0 N–H and O–H groups in total. The van der Waals surface area contributed by atoms with E-state index in [-0.39, 0.29) is 22.4 Å². The molecule has 12 heavy (non-hydrogen) atoms. The topological polar surface area (TPSA) is 26.3 Å². The molecule has 0 unspecified atom stereocenters. The first-order valence-corrected chi connectivity index (χ1v) is 4.53. The van der Waals surface area contributed by atoms with Crippen molar-refractivity contribution >= 4 is 5.97 Å². The highest BCUT2D eigenvalue weighted by atomic mass is 16.6. The van der Waals surface area contributed by atoms with Crippen LogP contribution >= 0.6 is 0 Å². The highest BCUT2D eigenvalue weighted by Gasteiger charge is 2.71. The summed E-state index contributed by atoms with van der Waals surface area (Å²) in [4.78, 5) is 11.6. The van der Waals surface area contributed by atoms with Crippen LogP contribution in [0, 0.1) is 10.8 Å². The Morgan fingerprint density at radius 1 is 1.33 bits per heavy atom. The Bertz CT molecular complexity index is 241. The molecule has 2 aliphatic heterocycles. The van der Waals surface area contributed by atoms with E-state index < -0.39 is 0 Å². The van der Waals surface area contributed by atoms with Gasteiger partial charge >= 0.3 is 5.97 Å². The monoisotopic (exact) mass is 168 g/mol. The number of ether oxygens (including phenoxy) is 1. The molecule has 0 amide bonds. The summed E-state index contributed by atoms with van der Waals surface area (Å²) >= 11 is 0. The molecule has 2 saturated heterocycles. The van der Waals surface area contributed by atoms with E-state index in [1.807, 2.05) is 6.92 Å². The standard InChI is InChI=1S/C10H16O2/c1-8(2,3)10-5-9(4,6-10)12-7(10)11/h5-6H2,1-4H3. The van der Waals surface area contributed by atoms with Gasteiger partial charge in [0.05, 0.1) is 5.41 Å². The molecular weight excluding hydrogens is 152 g/mol. The maximum Gasteiger partial charge on any atom is 0.313 e. The summed E-state index contributed by atoms with van der Waals surface area (Å²) in [5, 5.41) is 0. The normalized spacial score (nSPS) is 45.5. The van der Waals surface area contributed by atoms with Crippen molar-refractivity contribution in [3.8, 4) is 0 Å². The summed E-state index contributed by atoms with van der Waals surface area (Å²) in [6, 6.07) is 0. The molecule has 0 aromatic carbocycles. The third kappa shape index (κ3) is 0.686.